The average molecular weight is 974 g/mol. The van der Waals surface area contributed by atoms with Crippen LogP contribution in [-0.4, -0.2) is 19.9 Å². The van der Waals surface area contributed by atoms with Gasteiger partial charge in [-0.3, -0.25) is 22.5 Å². The van der Waals surface area contributed by atoms with Crippen molar-refractivity contribution in [2.24, 2.45) is 0 Å². The van der Waals surface area contributed by atoms with Gasteiger partial charge in [-0.05, 0) is 29.6 Å². The number of pyridine rings is 4. The van der Waals surface area contributed by atoms with E-state index in [4.69, 9.17) is 18.4 Å². The third-order valence-electron chi connectivity index (χ3n) is 4.86. The van der Waals surface area contributed by atoms with Crippen LogP contribution in [0, 0.1) is 35.4 Å². The molecule has 0 saturated carbocycles. The molecule has 0 fully saturated rings. The largest absolute Gasteiger partial charge is 2.00 e. The molecule has 44 heavy (non-hydrogen) atoms. The minimum absolute atomic E-state index is 0. The molecular weight excluding hydrogens is 953 g/mol. The van der Waals surface area contributed by atoms with E-state index in [2.05, 4.69) is 32.1 Å². The van der Waals surface area contributed by atoms with Gasteiger partial charge in [0.25, 0.3) is 0 Å². The predicted molar refractivity (Wildman–Crippen MR) is 155 cm³/mol. The van der Waals surface area contributed by atoms with Crippen LogP contribution in [0.3, 0.4) is 0 Å². The number of nitrogens with zero attached hydrogens (tertiary/aromatic N) is 4. The van der Waals surface area contributed by atoms with Gasteiger partial charge >= 0.3 is 42.1 Å². The van der Waals surface area contributed by atoms with Gasteiger partial charge in [0.2, 0.25) is 0 Å². The number of aromatic nitrogens is 4. The van der Waals surface area contributed by atoms with Crippen molar-refractivity contribution in [1.82, 2.24) is 19.9 Å². The van der Waals surface area contributed by atoms with E-state index in [0.29, 0.717) is 22.2 Å². The van der Waals surface area contributed by atoms with E-state index >= 15 is 0 Å². The minimum Gasteiger partial charge on any atom is -0.760 e. The Bertz CT molecular complexity index is 1520. The monoisotopic (exact) mass is 973 g/mol. The second-order valence-electron chi connectivity index (χ2n) is 7.89. The quantitative estimate of drug-likeness (QED) is 0.0991. The normalized spacial score (nSPS) is 9.18. The molecule has 0 spiro atoms. The molecule has 6 rings (SSSR count). The van der Waals surface area contributed by atoms with Crippen LogP contribution in [0.5, 0.6) is 0 Å². The maximum Gasteiger partial charge on any atom is 2.00 e. The number of benzene rings is 2. The van der Waals surface area contributed by atoms with Gasteiger partial charge in [0.1, 0.15) is 0 Å². The Morgan fingerprint density at radius 3 is 1.20 bits per heavy atom. The van der Waals surface area contributed by atoms with Crippen LogP contribution < -0.4 is 0 Å². The third kappa shape index (κ3) is 13.6. The van der Waals surface area contributed by atoms with E-state index < -0.39 is 23.3 Å². The van der Waals surface area contributed by atoms with Gasteiger partial charge in [-0.2, -0.15) is 0 Å². The summed E-state index contributed by atoms with van der Waals surface area (Å²) < 4.78 is 51.6. The van der Waals surface area contributed by atoms with Gasteiger partial charge in [-0.1, -0.05) is 94.9 Å². The molecular formula is C32H21F4N5Pt2S. The van der Waals surface area contributed by atoms with E-state index in [-0.39, 0.29) is 53.3 Å². The van der Waals surface area contributed by atoms with Crippen LogP contribution in [0.15, 0.2) is 127 Å². The Morgan fingerprint density at radius 1 is 0.545 bits per heavy atom. The second kappa shape index (κ2) is 21.0. The molecule has 0 aliphatic carbocycles. The first-order valence-electron chi connectivity index (χ1n) is 12.1. The number of hydrogen-bond acceptors (Lipinski definition) is 5. The molecule has 4 heterocycles. The summed E-state index contributed by atoms with van der Waals surface area (Å²) in [6.45, 7) is 0. The molecule has 1 N–H and O–H groups in total. The topological polar surface area (TPSA) is 75.4 Å². The zero-order chi connectivity index (χ0) is 30.2. The molecule has 0 radical (unpaired) electrons. The first-order valence-corrected chi connectivity index (χ1v) is 12.5. The fraction of sp³-hybridized carbons (Fsp3) is 0. The number of rotatable bonds is 2. The minimum atomic E-state index is -0.649. The van der Waals surface area contributed by atoms with Crippen LogP contribution >= 0.6 is 0 Å². The summed E-state index contributed by atoms with van der Waals surface area (Å²) in [5, 5.41) is 0.655. The summed E-state index contributed by atoms with van der Waals surface area (Å²) in [5.74, 6) is -2.25. The zero-order valence-electron chi connectivity index (χ0n) is 22.4. The molecule has 0 saturated heterocycles. The molecule has 0 atom stereocenters. The first kappa shape index (κ1) is 38.2. The van der Waals surface area contributed by atoms with Crippen molar-refractivity contribution in [3.8, 4) is 22.5 Å². The van der Waals surface area contributed by atoms with Crippen LogP contribution in [0.1, 0.15) is 0 Å². The standard InChI is InChI=1S/2C11H6F2N.C5H5N2.C5H5NS.2Pt/c2*12-8-4-5-9(10(13)7-8)11-3-1-2-6-14-11;6-5-3-1-2-4-7-5;7-5-3-1-2-4-6-5;;/h2*1-4,6-7H;1-4H,(H-,6,7);1-4H,(H,6,7);;/q3*-1;;2*+2/p-1. The van der Waals surface area contributed by atoms with E-state index in [1.807, 2.05) is 12.1 Å². The fourth-order valence-electron chi connectivity index (χ4n) is 3.01. The van der Waals surface area contributed by atoms with Gasteiger partial charge < -0.3 is 33.3 Å². The van der Waals surface area contributed by atoms with Crippen molar-refractivity contribution in [2.75, 3.05) is 0 Å². The van der Waals surface area contributed by atoms with E-state index in [1.165, 1.54) is 0 Å². The molecule has 6 aromatic rings. The Morgan fingerprint density at radius 2 is 0.955 bits per heavy atom. The number of nitrogens with one attached hydrogen (secondary N) is 1. The average Bonchev–Trinajstić information content (AvgIpc) is 3.00. The van der Waals surface area contributed by atoms with E-state index in [0.717, 1.165) is 24.3 Å². The van der Waals surface area contributed by atoms with Gasteiger partial charge in [-0.15, -0.1) is 24.3 Å². The SMILES string of the molecule is Fc1c[c-]c(-c2ccccn2)c(F)c1.Fc1c[c-]c(-c2ccccn2)c(F)c1.[NH-]c1ccccn1.[Pt+2].[Pt+2].[S-]c1ccccn1. The predicted octanol–water partition coefficient (Wildman–Crippen LogP) is 8.40. The molecule has 228 valence electrons. The first-order chi connectivity index (χ1) is 20.3. The van der Waals surface area contributed by atoms with Crippen molar-refractivity contribution < 1.29 is 59.7 Å². The second-order valence-corrected chi connectivity index (χ2v) is 8.31. The summed E-state index contributed by atoms with van der Waals surface area (Å²) in [6.07, 6.45) is 6.38. The summed E-state index contributed by atoms with van der Waals surface area (Å²) in [6, 6.07) is 29.8. The summed E-state index contributed by atoms with van der Waals surface area (Å²) >= 11 is 4.70. The Balaban J connectivity index is 0.000000303. The Hall–Kier alpha value is -3.84. The summed E-state index contributed by atoms with van der Waals surface area (Å²) in [7, 11) is 0. The van der Waals surface area contributed by atoms with Crippen LogP contribution in [0.2, 0.25) is 0 Å². The maximum atomic E-state index is 13.2. The molecule has 0 unspecified atom stereocenters. The fourth-order valence-corrected chi connectivity index (χ4v) is 3.15. The van der Waals surface area contributed by atoms with Crippen molar-refractivity contribution in [3.05, 3.63) is 163 Å². The Labute approximate surface area is 287 Å². The van der Waals surface area contributed by atoms with Crippen molar-refractivity contribution in [1.29, 1.82) is 0 Å². The van der Waals surface area contributed by atoms with E-state index in [1.54, 1.807) is 85.5 Å². The third-order valence-corrected chi connectivity index (χ3v) is 5.10. The molecule has 0 bridgehead atoms. The molecule has 12 heteroatoms. The smallest absolute Gasteiger partial charge is 0.760 e. The number of hydrogen-bond donors (Lipinski definition) is 0. The van der Waals surface area contributed by atoms with Crippen molar-refractivity contribution in [3.63, 3.8) is 0 Å². The Kier molecular flexibility index (Phi) is 18.2. The summed E-state index contributed by atoms with van der Waals surface area (Å²) in [4.78, 5) is 15.3. The van der Waals surface area contributed by atoms with Gasteiger partial charge in [0, 0.05) is 41.9 Å². The molecule has 0 aliphatic rings. The van der Waals surface area contributed by atoms with Crippen LogP contribution in [0.4, 0.5) is 23.4 Å². The number of halogens is 4. The summed E-state index contributed by atoms with van der Waals surface area (Å²) in [5.41, 5.74) is 8.16. The van der Waals surface area contributed by atoms with Gasteiger partial charge in [0.15, 0.2) is 0 Å². The molecule has 0 aliphatic heterocycles. The van der Waals surface area contributed by atoms with Crippen LogP contribution in [-0.2, 0) is 54.8 Å². The zero-order valence-corrected chi connectivity index (χ0v) is 27.7. The molecule has 4 aromatic heterocycles. The molecule has 5 nitrogen and oxygen atoms in total. The maximum absolute atomic E-state index is 13.2. The van der Waals surface area contributed by atoms with Crippen molar-refractivity contribution >= 4 is 18.4 Å². The van der Waals surface area contributed by atoms with Gasteiger partial charge in [0.05, 0.1) is 0 Å². The molecule has 0 amide bonds. The van der Waals surface area contributed by atoms with Crippen molar-refractivity contribution in [2.45, 2.75) is 5.03 Å². The van der Waals surface area contributed by atoms with E-state index in [9.17, 15) is 17.6 Å². The molecule has 2 aromatic carbocycles. The van der Waals surface area contributed by atoms with Gasteiger partial charge in [-0.25, -0.2) is 0 Å². The van der Waals surface area contributed by atoms with Crippen LogP contribution in [0.25, 0.3) is 28.2 Å².